The van der Waals surface area contributed by atoms with Crippen molar-refractivity contribution in [2.75, 3.05) is 14.2 Å². The number of nitrogens with zero attached hydrogens (tertiary/aromatic N) is 1. The SMILES string of the molecule is COc1cccc(OC)c1B1c2ccccc2Sc2cc(-n3c4ccccc4c4c5ccccc5sc43)ccc21. The topological polar surface area (TPSA) is 23.4 Å². The van der Waals surface area contributed by atoms with Crippen molar-refractivity contribution in [2.24, 2.45) is 0 Å². The van der Waals surface area contributed by atoms with Crippen LogP contribution in [0.15, 0.2) is 119 Å². The van der Waals surface area contributed by atoms with E-state index in [0.29, 0.717) is 0 Å². The van der Waals surface area contributed by atoms with Crippen LogP contribution in [0.4, 0.5) is 0 Å². The molecule has 0 saturated heterocycles. The van der Waals surface area contributed by atoms with E-state index in [1.54, 1.807) is 14.2 Å². The van der Waals surface area contributed by atoms with Crippen molar-refractivity contribution in [3.05, 3.63) is 109 Å². The molecule has 1 aliphatic heterocycles. The van der Waals surface area contributed by atoms with Crippen molar-refractivity contribution in [3.8, 4) is 17.2 Å². The van der Waals surface area contributed by atoms with Gasteiger partial charge in [-0.2, -0.15) is 0 Å². The van der Waals surface area contributed by atoms with Crippen molar-refractivity contribution in [1.29, 1.82) is 0 Å². The predicted molar refractivity (Wildman–Crippen MR) is 171 cm³/mol. The molecule has 0 atom stereocenters. The molecule has 6 heteroatoms. The first-order valence-electron chi connectivity index (χ1n) is 13.3. The molecule has 192 valence electrons. The summed E-state index contributed by atoms with van der Waals surface area (Å²) < 4.78 is 15.5. The van der Waals surface area contributed by atoms with E-state index >= 15 is 0 Å². The predicted octanol–water partition coefficient (Wildman–Crippen LogP) is 7.00. The van der Waals surface area contributed by atoms with Crippen LogP contribution >= 0.6 is 23.1 Å². The number of rotatable bonds is 4. The van der Waals surface area contributed by atoms with Crippen LogP contribution in [0.5, 0.6) is 11.5 Å². The standard InChI is InChI=1S/C34H24BNO2S2/c1-37-27-14-9-15-28(38-2)33(27)35-24-12-5-8-17-30(24)39-31-20-21(18-19-25(31)35)36-26-13-6-3-10-22(26)32-23-11-4-7-16-29(23)40-34(32)36/h3-20H,1-2H3. The fourth-order valence-corrected chi connectivity index (χ4v) is 8.68. The van der Waals surface area contributed by atoms with Crippen molar-refractivity contribution >= 4 is 77.4 Å². The molecule has 2 aromatic heterocycles. The molecule has 3 nitrogen and oxygen atoms in total. The van der Waals surface area contributed by atoms with Crippen LogP contribution in [0.2, 0.25) is 0 Å². The monoisotopic (exact) mass is 553 g/mol. The molecule has 8 rings (SSSR count). The summed E-state index contributed by atoms with van der Waals surface area (Å²) in [6.07, 6.45) is 0. The number of methoxy groups -OCH3 is 2. The Labute approximate surface area is 241 Å². The Morgan fingerprint density at radius 2 is 1.35 bits per heavy atom. The fourth-order valence-electron chi connectivity index (χ4n) is 6.26. The third-order valence-electron chi connectivity index (χ3n) is 7.97. The second-order valence-corrected chi connectivity index (χ2v) is 12.1. The molecule has 3 heterocycles. The van der Waals surface area contributed by atoms with Gasteiger partial charge in [0, 0.05) is 41.8 Å². The van der Waals surface area contributed by atoms with Gasteiger partial charge >= 0.3 is 0 Å². The maximum absolute atomic E-state index is 5.89. The third kappa shape index (κ3) is 3.39. The minimum Gasteiger partial charge on any atom is -0.497 e. The molecule has 0 unspecified atom stereocenters. The molecular weight excluding hydrogens is 529 g/mol. The van der Waals surface area contributed by atoms with Gasteiger partial charge in [0.1, 0.15) is 16.3 Å². The quantitative estimate of drug-likeness (QED) is 0.220. The summed E-state index contributed by atoms with van der Waals surface area (Å²) in [7, 11) is 3.47. The average molecular weight is 554 g/mol. The maximum Gasteiger partial charge on any atom is 0.253 e. The van der Waals surface area contributed by atoms with Gasteiger partial charge in [0.2, 0.25) is 0 Å². The molecule has 0 amide bonds. The van der Waals surface area contributed by atoms with Crippen molar-refractivity contribution in [3.63, 3.8) is 0 Å². The van der Waals surface area contributed by atoms with Crippen LogP contribution in [-0.2, 0) is 0 Å². The zero-order valence-corrected chi connectivity index (χ0v) is 23.7. The van der Waals surface area contributed by atoms with E-state index in [1.807, 2.05) is 41.3 Å². The number of hydrogen-bond donors (Lipinski definition) is 0. The van der Waals surface area contributed by atoms with E-state index in [0.717, 1.165) is 17.0 Å². The largest absolute Gasteiger partial charge is 0.497 e. The van der Waals surface area contributed by atoms with Gasteiger partial charge in [0.15, 0.2) is 0 Å². The number of thiophene rings is 1. The Morgan fingerprint density at radius 1 is 0.650 bits per heavy atom. The van der Waals surface area contributed by atoms with Crippen LogP contribution < -0.4 is 25.9 Å². The molecule has 0 bridgehead atoms. The molecule has 0 N–H and O–H groups in total. The average Bonchev–Trinajstić information content (AvgIpc) is 3.54. The van der Waals surface area contributed by atoms with Crippen LogP contribution in [0.3, 0.4) is 0 Å². The molecule has 0 fully saturated rings. The van der Waals surface area contributed by atoms with Gasteiger partial charge in [0.05, 0.1) is 19.7 Å². The molecule has 0 radical (unpaired) electrons. The zero-order valence-electron chi connectivity index (χ0n) is 22.0. The van der Waals surface area contributed by atoms with E-state index in [2.05, 4.69) is 95.6 Å². The number of fused-ring (bicyclic) bond motifs is 7. The first-order chi connectivity index (χ1) is 19.8. The first kappa shape index (κ1) is 23.7. The molecule has 5 aromatic carbocycles. The highest BCUT2D eigenvalue weighted by atomic mass is 32.2. The molecule has 0 aliphatic carbocycles. The number of hydrogen-bond acceptors (Lipinski definition) is 4. The highest BCUT2D eigenvalue weighted by Crippen LogP contribution is 2.43. The molecule has 7 aromatic rings. The molecular formula is C34H24BNO2S2. The van der Waals surface area contributed by atoms with Gasteiger partial charge in [0.25, 0.3) is 6.71 Å². The lowest BCUT2D eigenvalue weighted by Gasteiger charge is -2.28. The summed E-state index contributed by atoms with van der Waals surface area (Å²) >= 11 is 3.71. The zero-order chi connectivity index (χ0) is 26.8. The fraction of sp³-hybridized carbons (Fsp3) is 0.0588. The molecule has 40 heavy (non-hydrogen) atoms. The lowest BCUT2D eigenvalue weighted by molar-refractivity contribution is 0.400. The first-order valence-corrected chi connectivity index (χ1v) is 14.9. The normalized spacial score (nSPS) is 12.6. The molecule has 1 aliphatic rings. The Kier molecular flexibility index (Phi) is 5.47. The van der Waals surface area contributed by atoms with Gasteiger partial charge in [-0.3, -0.25) is 0 Å². The number of aromatic nitrogens is 1. The van der Waals surface area contributed by atoms with Crippen LogP contribution in [-0.4, -0.2) is 25.5 Å². The number of ether oxygens (including phenoxy) is 2. The third-order valence-corrected chi connectivity index (χ3v) is 10.3. The smallest absolute Gasteiger partial charge is 0.253 e. The van der Waals surface area contributed by atoms with Crippen molar-refractivity contribution < 1.29 is 9.47 Å². The van der Waals surface area contributed by atoms with E-state index < -0.39 is 0 Å². The van der Waals surface area contributed by atoms with Gasteiger partial charge < -0.3 is 14.0 Å². The lowest BCUT2D eigenvalue weighted by atomic mass is 9.36. The minimum absolute atomic E-state index is 0.00153. The Hall–Kier alpha value is -4.13. The lowest BCUT2D eigenvalue weighted by Crippen LogP contribution is -2.55. The maximum atomic E-state index is 5.89. The van der Waals surface area contributed by atoms with Gasteiger partial charge in [-0.05, 0) is 42.5 Å². The Bertz CT molecular complexity index is 2070. The van der Waals surface area contributed by atoms with E-state index in [1.165, 1.54) is 57.6 Å². The summed E-state index contributed by atoms with van der Waals surface area (Å²) in [6.45, 7) is -0.00153. The molecule has 0 saturated carbocycles. The molecule has 0 spiro atoms. The van der Waals surface area contributed by atoms with Gasteiger partial charge in [-0.25, -0.2) is 0 Å². The Morgan fingerprint density at radius 3 is 2.17 bits per heavy atom. The highest BCUT2D eigenvalue weighted by molar-refractivity contribution is 8.00. The number of benzene rings is 5. The Balaban J connectivity index is 1.39. The minimum atomic E-state index is -0.00153. The van der Waals surface area contributed by atoms with Crippen molar-refractivity contribution in [1.82, 2.24) is 4.57 Å². The van der Waals surface area contributed by atoms with Crippen LogP contribution in [0.1, 0.15) is 0 Å². The second kappa shape index (κ2) is 9.22. The highest BCUT2D eigenvalue weighted by Gasteiger charge is 2.35. The summed E-state index contributed by atoms with van der Waals surface area (Å²) in [6, 6.07) is 39.2. The summed E-state index contributed by atoms with van der Waals surface area (Å²) in [4.78, 5) is 3.79. The van der Waals surface area contributed by atoms with Crippen molar-refractivity contribution in [2.45, 2.75) is 9.79 Å². The second-order valence-electron chi connectivity index (χ2n) is 10.0. The number of para-hydroxylation sites is 1. The van der Waals surface area contributed by atoms with E-state index in [-0.39, 0.29) is 6.71 Å². The van der Waals surface area contributed by atoms with Crippen LogP contribution in [0, 0.1) is 0 Å². The summed E-state index contributed by atoms with van der Waals surface area (Å²) in [5.41, 5.74) is 6.01. The van der Waals surface area contributed by atoms with E-state index in [9.17, 15) is 0 Å². The summed E-state index contributed by atoms with van der Waals surface area (Å²) in [5.74, 6) is 1.67. The van der Waals surface area contributed by atoms with Gasteiger partial charge in [-0.1, -0.05) is 89.4 Å². The summed E-state index contributed by atoms with van der Waals surface area (Å²) in [5, 5.41) is 3.95. The van der Waals surface area contributed by atoms with Gasteiger partial charge in [-0.15, -0.1) is 11.3 Å². The van der Waals surface area contributed by atoms with E-state index in [4.69, 9.17) is 9.47 Å². The van der Waals surface area contributed by atoms with Crippen LogP contribution in [0.25, 0.3) is 36.9 Å².